The Morgan fingerprint density at radius 3 is 2.39 bits per heavy atom. The number of nitrogens with one attached hydrogen (secondary N) is 1. The summed E-state index contributed by atoms with van der Waals surface area (Å²) in [4.78, 5) is 13.0. The molecule has 0 fully saturated rings. The van der Waals surface area contributed by atoms with E-state index >= 15 is 8.78 Å². The number of halogens is 6. The van der Waals surface area contributed by atoms with E-state index in [1.807, 2.05) is 4.72 Å². The molecule has 8 nitrogen and oxygen atoms in total. The van der Waals surface area contributed by atoms with Crippen molar-refractivity contribution >= 4 is 21.0 Å². The van der Waals surface area contributed by atoms with Gasteiger partial charge in [0, 0.05) is 23.9 Å². The summed E-state index contributed by atoms with van der Waals surface area (Å²) in [5, 5.41) is 3.18. The molecule has 0 bridgehead atoms. The Hall–Kier alpha value is -3.59. The second kappa shape index (κ2) is 7.96. The summed E-state index contributed by atoms with van der Waals surface area (Å²) in [5.41, 5.74) is -3.98. The van der Waals surface area contributed by atoms with Gasteiger partial charge in [-0.2, -0.15) is 8.78 Å². The zero-order chi connectivity index (χ0) is 26.2. The van der Waals surface area contributed by atoms with Gasteiger partial charge in [0.2, 0.25) is 10.0 Å². The highest BCUT2D eigenvalue weighted by Gasteiger charge is 2.52. The molecule has 0 saturated heterocycles. The fraction of sp³-hybridized carbons (Fsp3) is 0.238. The van der Waals surface area contributed by atoms with Crippen LogP contribution in [-0.4, -0.2) is 34.5 Å². The number of hydrogen-bond donors (Lipinski definition) is 1. The number of alkyl halides is 2. The van der Waals surface area contributed by atoms with Crippen LogP contribution in [0.15, 0.2) is 39.8 Å². The van der Waals surface area contributed by atoms with Crippen molar-refractivity contribution in [2.75, 3.05) is 5.75 Å². The van der Waals surface area contributed by atoms with Gasteiger partial charge in [-0.05, 0) is 19.1 Å². The highest BCUT2D eigenvalue weighted by Crippen LogP contribution is 2.40. The van der Waals surface area contributed by atoms with Crippen LogP contribution in [0, 0.1) is 23.3 Å². The summed E-state index contributed by atoms with van der Waals surface area (Å²) >= 11 is 0. The van der Waals surface area contributed by atoms with E-state index in [1.165, 1.54) is 6.92 Å². The Morgan fingerprint density at radius 2 is 1.78 bits per heavy atom. The van der Waals surface area contributed by atoms with Crippen LogP contribution in [0.1, 0.15) is 12.6 Å². The fourth-order valence-electron chi connectivity index (χ4n) is 4.15. The highest BCUT2D eigenvalue weighted by molar-refractivity contribution is 7.89. The maximum absolute atomic E-state index is 15.0. The Balaban J connectivity index is 1.71. The van der Waals surface area contributed by atoms with Crippen LogP contribution in [-0.2, 0) is 22.5 Å². The molecule has 0 spiro atoms. The summed E-state index contributed by atoms with van der Waals surface area (Å²) in [7, 11) is -4.04. The van der Waals surface area contributed by atoms with Crippen LogP contribution in [0.4, 0.5) is 26.3 Å². The minimum Gasteiger partial charge on any atom is -0.354 e. The molecular weight excluding hydrogens is 518 g/mol. The van der Waals surface area contributed by atoms with E-state index in [-0.39, 0.29) is 5.58 Å². The number of nitrogens with zero attached hydrogens (tertiary/aromatic N) is 3. The van der Waals surface area contributed by atoms with Crippen LogP contribution < -0.4 is 10.4 Å². The van der Waals surface area contributed by atoms with Gasteiger partial charge in [0.25, 0.3) is 0 Å². The molecule has 4 aromatic rings. The maximum atomic E-state index is 15.0. The molecule has 36 heavy (non-hydrogen) atoms. The largest absolute Gasteiger partial charge is 0.354 e. The molecule has 5 rings (SSSR count). The van der Waals surface area contributed by atoms with E-state index in [0.29, 0.717) is 27.5 Å². The number of sulfonamides is 1. The van der Waals surface area contributed by atoms with Gasteiger partial charge in [-0.15, -0.1) is 0 Å². The van der Waals surface area contributed by atoms with Crippen LogP contribution in [0.25, 0.3) is 27.9 Å². The minimum atomic E-state index is -4.04. The molecule has 3 heterocycles. The van der Waals surface area contributed by atoms with E-state index in [1.54, 1.807) is 0 Å². The molecule has 1 aliphatic rings. The molecule has 1 atom stereocenters. The second-order valence-corrected chi connectivity index (χ2v) is 10.1. The van der Waals surface area contributed by atoms with E-state index < -0.39 is 91.3 Å². The van der Waals surface area contributed by atoms with Crippen LogP contribution in [0.3, 0.4) is 0 Å². The molecule has 0 aliphatic carbocycles. The number of aromatic nitrogens is 3. The Morgan fingerprint density at radius 1 is 1.11 bits per heavy atom. The molecule has 15 heteroatoms. The summed E-state index contributed by atoms with van der Waals surface area (Å²) in [6.45, 7) is 0.521. The SMILES string of the molecule is CCS(=O)(=O)N[C@@H]1Cn2c(cn(-c3noc4ccc(F)c(-c5c(F)cc(F)cc5F)c34)c2=O)C1(F)F. The van der Waals surface area contributed by atoms with Crippen molar-refractivity contribution in [1.29, 1.82) is 0 Å². The first kappa shape index (κ1) is 24.1. The molecule has 1 aliphatic heterocycles. The minimum absolute atomic E-state index is 0.247. The molecule has 0 saturated carbocycles. The predicted molar refractivity (Wildman–Crippen MR) is 113 cm³/mol. The third-order valence-corrected chi connectivity index (χ3v) is 7.28. The van der Waals surface area contributed by atoms with Crippen molar-refractivity contribution in [2.45, 2.75) is 25.4 Å². The maximum Gasteiger partial charge on any atom is 0.334 e. The molecule has 2 aromatic carbocycles. The van der Waals surface area contributed by atoms with Crippen molar-refractivity contribution in [1.82, 2.24) is 19.0 Å². The Kier molecular flexibility index (Phi) is 5.33. The number of rotatable bonds is 5. The summed E-state index contributed by atoms with van der Waals surface area (Å²) in [5.74, 6) is -10.2. The van der Waals surface area contributed by atoms with Crippen molar-refractivity contribution in [3.8, 4) is 16.9 Å². The topological polar surface area (TPSA) is 99.1 Å². The normalized spacial score (nSPS) is 17.1. The van der Waals surface area contributed by atoms with Crippen molar-refractivity contribution in [2.24, 2.45) is 0 Å². The lowest BCUT2D eigenvalue weighted by Gasteiger charge is -2.19. The molecule has 2 aromatic heterocycles. The number of imidazole rings is 1. The predicted octanol–water partition coefficient (Wildman–Crippen LogP) is 3.42. The fourth-order valence-corrected chi connectivity index (χ4v) is 4.97. The summed E-state index contributed by atoms with van der Waals surface area (Å²) < 4.78 is 119. The molecular formula is C21H14F6N4O4S. The quantitative estimate of drug-likeness (QED) is 0.398. The van der Waals surface area contributed by atoms with Crippen molar-refractivity contribution in [3.63, 3.8) is 0 Å². The van der Waals surface area contributed by atoms with Gasteiger partial charge < -0.3 is 4.52 Å². The van der Waals surface area contributed by atoms with Gasteiger partial charge in [0.15, 0.2) is 11.4 Å². The molecule has 190 valence electrons. The van der Waals surface area contributed by atoms with Gasteiger partial charge in [-0.3, -0.25) is 4.57 Å². The summed E-state index contributed by atoms with van der Waals surface area (Å²) in [6, 6.07) is 0.547. The lowest BCUT2D eigenvalue weighted by molar-refractivity contribution is -0.0248. The van der Waals surface area contributed by atoms with Gasteiger partial charge in [0.05, 0.1) is 23.2 Å². The molecule has 0 radical (unpaired) electrons. The third kappa shape index (κ3) is 3.52. The van der Waals surface area contributed by atoms with E-state index in [2.05, 4.69) is 5.16 Å². The second-order valence-electron chi connectivity index (χ2n) is 8.02. The molecule has 0 amide bonds. The van der Waals surface area contributed by atoms with Gasteiger partial charge in [-0.25, -0.2) is 40.1 Å². The molecule has 0 unspecified atom stereocenters. The van der Waals surface area contributed by atoms with E-state index in [0.717, 1.165) is 12.1 Å². The average Bonchev–Trinajstić information content (AvgIpc) is 3.42. The van der Waals surface area contributed by atoms with Crippen LogP contribution in [0.2, 0.25) is 0 Å². The zero-order valence-corrected chi connectivity index (χ0v) is 18.8. The number of benzene rings is 2. The monoisotopic (exact) mass is 532 g/mol. The summed E-state index contributed by atoms with van der Waals surface area (Å²) in [6.07, 6.45) is 0.659. The Bertz CT molecular complexity index is 1690. The highest BCUT2D eigenvalue weighted by atomic mass is 32.2. The van der Waals surface area contributed by atoms with Gasteiger partial charge >= 0.3 is 11.6 Å². The lowest BCUT2D eigenvalue weighted by atomic mass is 9.99. The number of fused-ring (bicyclic) bond motifs is 2. The smallest absolute Gasteiger partial charge is 0.334 e. The first-order valence-electron chi connectivity index (χ1n) is 10.3. The van der Waals surface area contributed by atoms with Crippen LogP contribution >= 0.6 is 0 Å². The van der Waals surface area contributed by atoms with E-state index in [4.69, 9.17) is 4.52 Å². The van der Waals surface area contributed by atoms with Crippen LogP contribution in [0.5, 0.6) is 0 Å². The third-order valence-electron chi connectivity index (χ3n) is 5.88. The first-order chi connectivity index (χ1) is 16.9. The lowest BCUT2D eigenvalue weighted by Crippen LogP contribution is -2.45. The average molecular weight is 532 g/mol. The van der Waals surface area contributed by atoms with Crippen molar-refractivity contribution in [3.05, 3.63) is 69.9 Å². The zero-order valence-electron chi connectivity index (χ0n) is 18.0. The van der Waals surface area contributed by atoms with Gasteiger partial charge in [0.1, 0.15) is 35.0 Å². The standard InChI is InChI=1S/C21H14F6N4O4S/c1-2-36(33,34)29-14-7-30-15(21(14,26)27)8-31(20(30)32)19-18-13(35-28-19)4-3-10(23)17(18)16-11(24)5-9(22)6-12(16)25/h3-6,8,14,29H,2,7H2,1H3/t14-/m1/s1. The Labute approximate surface area is 197 Å². The number of hydrogen-bond acceptors (Lipinski definition) is 5. The van der Waals surface area contributed by atoms with E-state index in [9.17, 15) is 30.8 Å². The first-order valence-corrected chi connectivity index (χ1v) is 11.9. The molecule has 1 N–H and O–H groups in total. The van der Waals surface area contributed by atoms with Crippen molar-refractivity contribution < 1.29 is 39.3 Å². The van der Waals surface area contributed by atoms with Gasteiger partial charge in [-0.1, -0.05) is 5.16 Å².